The summed E-state index contributed by atoms with van der Waals surface area (Å²) in [6, 6.07) is 4.50. The molecule has 1 heterocycles. The van der Waals surface area contributed by atoms with Crippen LogP contribution in [0.1, 0.15) is 69.4 Å². The molecule has 0 saturated carbocycles. The summed E-state index contributed by atoms with van der Waals surface area (Å²) in [5.41, 5.74) is -0.471. The Balaban J connectivity index is 2.27. The van der Waals surface area contributed by atoms with Crippen molar-refractivity contribution in [1.29, 1.82) is 0 Å². The Bertz CT molecular complexity index is 1090. The van der Waals surface area contributed by atoms with E-state index in [0.29, 0.717) is 17.0 Å². The highest BCUT2D eigenvalue weighted by molar-refractivity contribution is 7.93. The molecule has 0 atom stereocenters. The van der Waals surface area contributed by atoms with Crippen molar-refractivity contribution in [3.63, 3.8) is 0 Å². The zero-order valence-corrected chi connectivity index (χ0v) is 21.1. The Kier molecular flexibility index (Phi) is 7.72. The minimum Gasteiger partial charge on any atom is -0.456 e. The van der Waals surface area contributed by atoms with E-state index in [2.05, 4.69) is 10.3 Å². The third-order valence-corrected chi connectivity index (χ3v) is 7.09. The fourth-order valence-electron chi connectivity index (χ4n) is 2.55. The summed E-state index contributed by atoms with van der Waals surface area (Å²) in [5, 5.41) is 2.97. The minimum absolute atomic E-state index is 0.00647. The Labute approximate surface area is 193 Å². The molecule has 1 N–H and O–H groups in total. The van der Waals surface area contributed by atoms with E-state index in [-0.39, 0.29) is 21.2 Å². The number of carbonyl (C=O) groups excluding carboxylic acids is 2. The second kappa shape index (κ2) is 9.58. The van der Waals surface area contributed by atoms with Gasteiger partial charge in [0.05, 0.1) is 23.2 Å². The number of hydrogen-bond acceptors (Lipinski definition) is 8. The maximum atomic E-state index is 13.2. The van der Waals surface area contributed by atoms with Crippen molar-refractivity contribution in [3.8, 4) is 0 Å². The van der Waals surface area contributed by atoms with E-state index < -0.39 is 33.1 Å². The number of nitrogens with one attached hydrogen (secondary N) is 1. The smallest absolute Gasteiger partial charge is 0.408 e. The van der Waals surface area contributed by atoms with Gasteiger partial charge in [0.2, 0.25) is 9.84 Å². The van der Waals surface area contributed by atoms with Crippen molar-refractivity contribution in [2.45, 2.75) is 81.7 Å². The van der Waals surface area contributed by atoms with E-state index in [1.165, 1.54) is 12.3 Å². The molecule has 0 aliphatic carbocycles. The van der Waals surface area contributed by atoms with Gasteiger partial charge in [0, 0.05) is 0 Å². The molecule has 0 spiro atoms. The predicted molar refractivity (Wildman–Crippen MR) is 122 cm³/mol. The Hall–Kier alpha value is -2.46. The summed E-state index contributed by atoms with van der Waals surface area (Å²) in [6.07, 6.45) is 1.18. The normalized spacial score (nSPS) is 12.3. The van der Waals surface area contributed by atoms with Crippen LogP contribution in [0.25, 0.3) is 0 Å². The first-order valence-electron chi connectivity index (χ1n) is 10.1. The number of hydrogen-bond donors (Lipinski definition) is 1. The van der Waals surface area contributed by atoms with Gasteiger partial charge in [0.15, 0.2) is 0 Å². The lowest BCUT2D eigenvalue weighted by atomic mass is 10.1. The van der Waals surface area contributed by atoms with E-state index in [4.69, 9.17) is 9.47 Å². The number of aromatic nitrogens is 1. The summed E-state index contributed by atoms with van der Waals surface area (Å²) in [6.45, 7) is 12.4. The molecule has 176 valence electrons. The number of amides is 1. The average molecular weight is 483 g/mol. The molecule has 0 unspecified atom stereocenters. The second-order valence-corrected chi connectivity index (χ2v) is 12.4. The van der Waals surface area contributed by atoms with Crippen molar-refractivity contribution < 1.29 is 27.5 Å². The number of nitrogens with zero attached hydrogens (tertiary/aromatic N) is 1. The third-order valence-electron chi connectivity index (χ3n) is 3.90. The summed E-state index contributed by atoms with van der Waals surface area (Å²) in [5.74, 6) is -0.587. The van der Waals surface area contributed by atoms with Gasteiger partial charge >= 0.3 is 12.1 Å². The van der Waals surface area contributed by atoms with Crippen molar-refractivity contribution in [1.82, 2.24) is 10.3 Å². The van der Waals surface area contributed by atoms with Crippen molar-refractivity contribution in [3.05, 3.63) is 40.5 Å². The van der Waals surface area contributed by atoms with Crippen molar-refractivity contribution in [2.24, 2.45) is 0 Å². The molecule has 0 bridgehead atoms. The van der Waals surface area contributed by atoms with E-state index in [9.17, 15) is 18.0 Å². The Morgan fingerprint density at radius 3 is 2.22 bits per heavy atom. The maximum Gasteiger partial charge on any atom is 0.408 e. The summed E-state index contributed by atoms with van der Waals surface area (Å²) < 4.78 is 37.0. The molecule has 32 heavy (non-hydrogen) atoms. The molecule has 0 aliphatic heterocycles. The lowest BCUT2D eigenvalue weighted by molar-refractivity contribution is 0.00688. The molecule has 0 saturated heterocycles. The topological polar surface area (TPSA) is 112 Å². The Morgan fingerprint density at radius 1 is 1.03 bits per heavy atom. The van der Waals surface area contributed by atoms with Crippen LogP contribution in [-0.4, -0.2) is 36.7 Å². The molecule has 1 aromatic heterocycles. The van der Waals surface area contributed by atoms with Crippen LogP contribution in [0.4, 0.5) is 4.79 Å². The minimum atomic E-state index is -3.91. The highest BCUT2D eigenvalue weighted by atomic mass is 32.2. The highest BCUT2D eigenvalue weighted by Gasteiger charge is 2.25. The number of benzene rings is 1. The van der Waals surface area contributed by atoms with Crippen LogP contribution >= 0.6 is 11.3 Å². The maximum absolute atomic E-state index is 13.2. The van der Waals surface area contributed by atoms with Gasteiger partial charge in [-0.15, -0.1) is 11.3 Å². The van der Waals surface area contributed by atoms with Gasteiger partial charge in [-0.2, -0.15) is 0 Å². The predicted octanol–water partition coefficient (Wildman–Crippen LogP) is 4.52. The van der Waals surface area contributed by atoms with Gasteiger partial charge in [-0.05, 0) is 71.7 Å². The van der Waals surface area contributed by atoms with Gasteiger partial charge in [-0.25, -0.2) is 23.0 Å². The molecule has 2 aromatic rings. The number of thiazole rings is 1. The first-order chi connectivity index (χ1) is 14.6. The summed E-state index contributed by atoms with van der Waals surface area (Å²) in [7, 11) is -3.91. The number of aryl methyl sites for hydroxylation is 1. The lowest BCUT2D eigenvalue weighted by Crippen LogP contribution is -2.32. The number of ether oxygens (including phenoxy) is 2. The molecular formula is C22H30N2O6S2. The van der Waals surface area contributed by atoms with Crippen LogP contribution in [0, 0.1) is 0 Å². The van der Waals surface area contributed by atoms with Crippen LogP contribution in [0.2, 0.25) is 0 Å². The van der Waals surface area contributed by atoms with E-state index in [1.807, 2.05) is 6.92 Å². The van der Waals surface area contributed by atoms with Gasteiger partial charge in [-0.3, -0.25) is 0 Å². The molecular weight excluding hydrogens is 452 g/mol. The molecule has 0 radical (unpaired) electrons. The summed E-state index contributed by atoms with van der Waals surface area (Å²) >= 11 is 0.947. The van der Waals surface area contributed by atoms with E-state index >= 15 is 0 Å². The molecule has 1 amide bonds. The molecule has 0 aliphatic rings. The monoisotopic (exact) mass is 482 g/mol. The SMILES string of the molecule is CCc1cc(C(=O)OC(C)(C)C)cc(S(=O)(=O)c2cnc(CNC(=O)OC(C)(C)C)s2)c1. The van der Waals surface area contributed by atoms with Crippen LogP contribution in [-0.2, 0) is 32.3 Å². The summed E-state index contributed by atoms with van der Waals surface area (Å²) in [4.78, 5) is 28.4. The average Bonchev–Trinajstić information content (AvgIpc) is 3.13. The second-order valence-electron chi connectivity index (χ2n) is 9.15. The highest BCUT2D eigenvalue weighted by Crippen LogP contribution is 2.28. The fourth-order valence-corrected chi connectivity index (χ4v) is 5.17. The Morgan fingerprint density at radius 2 is 1.66 bits per heavy atom. The number of rotatable bonds is 6. The first-order valence-corrected chi connectivity index (χ1v) is 12.4. The van der Waals surface area contributed by atoms with Crippen LogP contribution in [0.3, 0.4) is 0 Å². The van der Waals surface area contributed by atoms with Crippen LogP contribution in [0.15, 0.2) is 33.5 Å². The molecule has 8 nitrogen and oxygen atoms in total. The van der Waals surface area contributed by atoms with Crippen LogP contribution in [0.5, 0.6) is 0 Å². The fraction of sp³-hybridized carbons (Fsp3) is 0.500. The van der Waals surface area contributed by atoms with E-state index in [1.54, 1.807) is 53.7 Å². The third kappa shape index (κ3) is 7.30. The number of esters is 1. The van der Waals surface area contributed by atoms with Gasteiger partial charge < -0.3 is 14.8 Å². The van der Waals surface area contributed by atoms with Gasteiger partial charge in [-0.1, -0.05) is 6.92 Å². The zero-order chi connectivity index (χ0) is 24.3. The number of carbonyl (C=O) groups is 2. The first kappa shape index (κ1) is 25.8. The molecule has 0 fully saturated rings. The zero-order valence-electron chi connectivity index (χ0n) is 19.4. The standard InChI is InChI=1S/C22H30N2O6S2/c1-8-14-9-15(19(25)29-21(2,3)4)11-16(10-14)32(27,28)18-13-23-17(31-18)12-24-20(26)30-22(5,6)7/h9-11,13H,8,12H2,1-7H3,(H,24,26). The quantitative estimate of drug-likeness (QED) is 0.603. The van der Waals surface area contributed by atoms with Crippen LogP contribution < -0.4 is 5.32 Å². The van der Waals surface area contributed by atoms with Crippen molar-refractivity contribution >= 4 is 33.2 Å². The van der Waals surface area contributed by atoms with Crippen molar-refractivity contribution in [2.75, 3.05) is 0 Å². The molecule has 10 heteroatoms. The largest absolute Gasteiger partial charge is 0.456 e. The molecule has 1 aromatic carbocycles. The van der Waals surface area contributed by atoms with Gasteiger partial charge in [0.25, 0.3) is 0 Å². The number of sulfone groups is 1. The van der Waals surface area contributed by atoms with Gasteiger partial charge in [0.1, 0.15) is 20.4 Å². The molecule has 2 rings (SSSR count). The van der Waals surface area contributed by atoms with E-state index in [0.717, 1.165) is 11.3 Å². The number of alkyl carbamates (subject to hydrolysis) is 1. The lowest BCUT2D eigenvalue weighted by Gasteiger charge is -2.20.